The molecule has 0 unspecified atom stereocenters. The smallest absolute Gasteiger partial charge is 0.0620 e. The van der Waals surface area contributed by atoms with Crippen molar-refractivity contribution >= 4 is 0 Å². The van der Waals surface area contributed by atoms with E-state index < -0.39 is 0 Å². The molecule has 2 aliphatic carbocycles. The predicted molar refractivity (Wildman–Crippen MR) is 67.2 cm³/mol. The minimum absolute atomic E-state index is 0.113. The van der Waals surface area contributed by atoms with Crippen LogP contribution in [0, 0.1) is 6.08 Å². The lowest BCUT2D eigenvalue weighted by Crippen LogP contribution is -2.27. The van der Waals surface area contributed by atoms with E-state index in [9.17, 15) is 0 Å². The van der Waals surface area contributed by atoms with Crippen molar-refractivity contribution in [3.05, 3.63) is 70.8 Å². The molecule has 0 atom stereocenters. The minimum Gasteiger partial charge on any atom is -0.0620 e. The number of fused-ring (bicyclic) bond motifs is 1. The van der Waals surface area contributed by atoms with Crippen LogP contribution in [0.5, 0.6) is 0 Å². The molecule has 1 aromatic carbocycles. The van der Waals surface area contributed by atoms with Crippen LogP contribution in [0.1, 0.15) is 25.0 Å². The second-order valence-electron chi connectivity index (χ2n) is 5.04. The van der Waals surface area contributed by atoms with E-state index in [1.54, 1.807) is 0 Å². The maximum absolute atomic E-state index is 3.21. The van der Waals surface area contributed by atoms with Crippen molar-refractivity contribution in [3.8, 4) is 0 Å². The summed E-state index contributed by atoms with van der Waals surface area (Å²) in [4.78, 5) is 0. The van der Waals surface area contributed by atoms with Gasteiger partial charge in [-0.3, -0.25) is 0 Å². The molecule has 0 bridgehead atoms. The first kappa shape index (κ1) is 9.57. The third-order valence-corrected chi connectivity index (χ3v) is 3.70. The molecule has 0 nitrogen and oxygen atoms in total. The average molecular weight is 207 g/mol. The van der Waals surface area contributed by atoms with E-state index in [1.165, 1.54) is 22.3 Å². The SMILES string of the molecule is CC1(C)C2=C(C=C[C+]=C2)Cc2ccccc21. The van der Waals surface area contributed by atoms with Crippen LogP contribution in [0.2, 0.25) is 0 Å². The van der Waals surface area contributed by atoms with E-state index in [0.29, 0.717) is 0 Å². The molecule has 0 heterocycles. The Hall–Kier alpha value is -1.65. The molecule has 16 heavy (non-hydrogen) atoms. The molecule has 0 N–H and O–H groups in total. The minimum atomic E-state index is 0.113. The summed E-state index contributed by atoms with van der Waals surface area (Å²) in [6, 6.07) is 8.77. The molecule has 0 fully saturated rings. The van der Waals surface area contributed by atoms with E-state index in [-0.39, 0.29) is 5.41 Å². The van der Waals surface area contributed by atoms with Crippen molar-refractivity contribution in [2.75, 3.05) is 0 Å². The van der Waals surface area contributed by atoms with Gasteiger partial charge < -0.3 is 0 Å². The summed E-state index contributed by atoms with van der Waals surface area (Å²) < 4.78 is 0. The van der Waals surface area contributed by atoms with Gasteiger partial charge in [0.2, 0.25) is 0 Å². The zero-order valence-electron chi connectivity index (χ0n) is 9.75. The fourth-order valence-electron chi connectivity index (χ4n) is 2.83. The molecule has 0 heteroatoms. The molecule has 0 amide bonds. The van der Waals surface area contributed by atoms with Crippen LogP contribution in [0.25, 0.3) is 0 Å². The monoisotopic (exact) mass is 207 g/mol. The first-order chi connectivity index (χ1) is 7.69. The molecule has 0 aromatic heterocycles. The predicted octanol–water partition coefficient (Wildman–Crippen LogP) is 3.75. The Balaban J connectivity index is 2.25. The van der Waals surface area contributed by atoms with E-state index >= 15 is 0 Å². The third kappa shape index (κ3) is 1.20. The lowest BCUT2D eigenvalue weighted by Gasteiger charge is -2.31. The number of benzene rings is 1. The zero-order valence-corrected chi connectivity index (χ0v) is 9.75. The van der Waals surface area contributed by atoms with Crippen molar-refractivity contribution in [2.45, 2.75) is 25.7 Å². The standard InChI is InChI=1S/C16H15/c1-16(2)14-9-5-3-7-12(14)11-13-8-4-6-10-15(13)16/h3-5,7-10H,11H2,1-2H3/q+1. The van der Waals surface area contributed by atoms with Crippen LogP contribution in [-0.4, -0.2) is 0 Å². The molecule has 1 aromatic rings. The molecule has 0 saturated carbocycles. The Labute approximate surface area is 97.0 Å². The largest absolute Gasteiger partial charge is 0.107 e. The fraction of sp³-hybridized carbons (Fsp3) is 0.250. The highest BCUT2D eigenvalue weighted by molar-refractivity contribution is 5.56. The highest BCUT2D eigenvalue weighted by Gasteiger charge is 2.38. The van der Waals surface area contributed by atoms with Crippen LogP contribution in [0.15, 0.2) is 53.6 Å². The van der Waals surface area contributed by atoms with Gasteiger partial charge in [0.1, 0.15) is 12.2 Å². The average Bonchev–Trinajstić information content (AvgIpc) is 2.29. The molecular formula is C16H15+. The van der Waals surface area contributed by atoms with Crippen LogP contribution >= 0.6 is 0 Å². The molecule has 0 aliphatic heterocycles. The Morgan fingerprint density at radius 2 is 2.00 bits per heavy atom. The number of allylic oxidation sites excluding steroid dienone is 6. The maximum atomic E-state index is 3.21. The normalized spacial score (nSPS) is 20.1. The van der Waals surface area contributed by atoms with Crippen molar-refractivity contribution < 1.29 is 0 Å². The first-order valence-electron chi connectivity index (χ1n) is 5.77. The second-order valence-corrected chi connectivity index (χ2v) is 5.04. The summed E-state index contributed by atoms with van der Waals surface area (Å²) in [5, 5.41) is 0. The van der Waals surface area contributed by atoms with Crippen LogP contribution < -0.4 is 0 Å². The lowest BCUT2D eigenvalue weighted by molar-refractivity contribution is 0.609. The van der Waals surface area contributed by atoms with Gasteiger partial charge in [0.15, 0.2) is 0 Å². The van der Waals surface area contributed by atoms with Crippen LogP contribution in [0.4, 0.5) is 0 Å². The summed E-state index contributed by atoms with van der Waals surface area (Å²) >= 11 is 0. The van der Waals surface area contributed by atoms with Crippen molar-refractivity contribution in [2.24, 2.45) is 0 Å². The Morgan fingerprint density at radius 3 is 2.88 bits per heavy atom. The van der Waals surface area contributed by atoms with Gasteiger partial charge in [0.05, 0.1) is 22.6 Å². The van der Waals surface area contributed by atoms with Gasteiger partial charge in [-0.1, -0.05) is 24.3 Å². The second kappa shape index (κ2) is 3.17. The van der Waals surface area contributed by atoms with E-state index in [4.69, 9.17) is 0 Å². The van der Waals surface area contributed by atoms with E-state index in [1.807, 2.05) is 6.08 Å². The summed E-state index contributed by atoms with van der Waals surface area (Å²) in [7, 11) is 0. The lowest BCUT2D eigenvalue weighted by atomic mass is 9.68. The van der Waals surface area contributed by atoms with Gasteiger partial charge >= 0.3 is 0 Å². The summed E-state index contributed by atoms with van der Waals surface area (Å²) in [6.07, 6.45) is 10.6. The van der Waals surface area contributed by atoms with Crippen LogP contribution in [0.3, 0.4) is 0 Å². The molecule has 0 radical (unpaired) electrons. The number of hydrogen-bond donors (Lipinski definition) is 0. The topological polar surface area (TPSA) is 0 Å². The first-order valence-corrected chi connectivity index (χ1v) is 5.77. The molecular weight excluding hydrogens is 192 g/mol. The zero-order chi connectivity index (χ0) is 11.2. The number of hydrogen-bond acceptors (Lipinski definition) is 0. The Bertz CT molecular complexity index is 525. The molecule has 2 aliphatic rings. The van der Waals surface area contributed by atoms with Gasteiger partial charge in [0, 0.05) is 12.5 Å². The van der Waals surface area contributed by atoms with E-state index in [2.05, 4.69) is 56.3 Å². The quantitative estimate of drug-likeness (QED) is 0.568. The molecule has 3 rings (SSSR count). The molecule has 0 saturated heterocycles. The maximum Gasteiger partial charge on any atom is 0.107 e. The number of rotatable bonds is 0. The van der Waals surface area contributed by atoms with Gasteiger partial charge in [-0.25, -0.2) is 0 Å². The molecule has 0 spiro atoms. The van der Waals surface area contributed by atoms with Gasteiger partial charge in [-0.15, -0.1) is 0 Å². The molecule has 78 valence electrons. The summed E-state index contributed by atoms with van der Waals surface area (Å²) in [6.45, 7) is 4.61. The van der Waals surface area contributed by atoms with Crippen molar-refractivity contribution in [3.63, 3.8) is 0 Å². The Kier molecular flexibility index (Phi) is 1.89. The Morgan fingerprint density at radius 1 is 1.19 bits per heavy atom. The highest BCUT2D eigenvalue weighted by atomic mass is 14.4. The third-order valence-electron chi connectivity index (χ3n) is 3.70. The fourth-order valence-corrected chi connectivity index (χ4v) is 2.83. The summed E-state index contributed by atoms with van der Waals surface area (Å²) in [5.74, 6) is 0. The van der Waals surface area contributed by atoms with Gasteiger partial charge in [0.25, 0.3) is 0 Å². The van der Waals surface area contributed by atoms with Crippen molar-refractivity contribution in [1.82, 2.24) is 0 Å². The van der Waals surface area contributed by atoms with Crippen LogP contribution in [-0.2, 0) is 11.8 Å². The highest BCUT2D eigenvalue weighted by Crippen LogP contribution is 2.42. The summed E-state index contributed by atoms with van der Waals surface area (Å²) in [5.41, 5.74) is 5.91. The van der Waals surface area contributed by atoms with E-state index in [0.717, 1.165) is 6.42 Å². The van der Waals surface area contributed by atoms with Gasteiger partial charge in [-0.2, -0.15) is 0 Å². The van der Waals surface area contributed by atoms with Gasteiger partial charge in [-0.05, 0) is 25.0 Å². The van der Waals surface area contributed by atoms with Crippen molar-refractivity contribution in [1.29, 1.82) is 0 Å².